The number of ketones is 2. The Morgan fingerprint density at radius 2 is 1.96 bits per heavy atom. The number of Topliss-reactive ketones (excluding diaryl/α,β-unsaturated/α-hetero) is 2. The number of carbonyl (C=O) groups excluding carboxylic acids is 2. The highest BCUT2D eigenvalue weighted by molar-refractivity contribution is 6.22. The first-order valence-corrected chi connectivity index (χ1v) is 8.83. The van der Waals surface area contributed by atoms with Crippen molar-refractivity contribution >= 4 is 11.6 Å². The Morgan fingerprint density at radius 1 is 1.29 bits per heavy atom. The van der Waals surface area contributed by atoms with Crippen LogP contribution >= 0.6 is 0 Å². The summed E-state index contributed by atoms with van der Waals surface area (Å²) in [6, 6.07) is 0. The molecule has 3 rings (SSSR count). The van der Waals surface area contributed by atoms with Gasteiger partial charge in [0.05, 0.1) is 11.3 Å². The summed E-state index contributed by atoms with van der Waals surface area (Å²) in [4.78, 5) is 24.7. The molecule has 0 saturated heterocycles. The number of aromatic nitrogens is 2. The van der Waals surface area contributed by atoms with Crippen molar-refractivity contribution in [1.82, 2.24) is 9.78 Å². The number of aliphatic hydroxyl groups excluding tert-OH is 1. The molecule has 0 radical (unpaired) electrons. The minimum Gasteiger partial charge on any atom is -0.511 e. The van der Waals surface area contributed by atoms with Crippen molar-refractivity contribution in [2.45, 2.75) is 65.8 Å². The molecule has 5 nitrogen and oxygen atoms in total. The number of allylic oxidation sites excluding steroid dienone is 2. The molecule has 1 saturated carbocycles. The molecule has 2 aliphatic rings. The number of hydrogen-bond donors (Lipinski definition) is 1. The Kier molecular flexibility index (Phi) is 4.37. The number of hydrogen-bond acceptors (Lipinski definition) is 4. The van der Waals surface area contributed by atoms with E-state index in [0.29, 0.717) is 12.3 Å². The van der Waals surface area contributed by atoms with Crippen molar-refractivity contribution in [2.75, 3.05) is 0 Å². The van der Waals surface area contributed by atoms with Gasteiger partial charge in [0.1, 0.15) is 5.76 Å². The van der Waals surface area contributed by atoms with Crippen LogP contribution in [0.2, 0.25) is 0 Å². The highest BCUT2D eigenvalue weighted by Crippen LogP contribution is 2.40. The van der Waals surface area contributed by atoms with Crippen molar-refractivity contribution in [3.8, 4) is 0 Å². The van der Waals surface area contributed by atoms with E-state index in [-0.39, 0.29) is 41.2 Å². The lowest BCUT2D eigenvalue weighted by molar-refractivity contribution is -0.123. The van der Waals surface area contributed by atoms with Crippen LogP contribution in [-0.4, -0.2) is 26.5 Å². The summed E-state index contributed by atoms with van der Waals surface area (Å²) in [5, 5.41) is 15.0. The monoisotopic (exact) mass is 330 g/mol. The van der Waals surface area contributed by atoms with E-state index in [4.69, 9.17) is 0 Å². The van der Waals surface area contributed by atoms with Crippen LogP contribution in [-0.2, 0) is 16.1 Å². The Hall–Kier alpha value is -1.91. The maximum Gasteiger partial charge on any atom is 0.172 e. The fraction of sp³-hybridized carbons (Fsp3) is 0.632. The van der Waals surface area contributed by atoms with Gasteiger partial charge in [0.2, 0.25) is 0 Å². The Morgan fingerprint density at radius 3 is 2.50 bits per heavy atom. The quantitative estimate of drug-likeness (QED) is 0.840. The second-order valence-corrected chi connectivity index (χ2v) is 7.65. The first kappa shape index (κ1) is 16.9. The summed E-state index contributed by atoms with van der Waals surface area (Å²) in [5.41, 5.74) is 3.09. The molecular formula is C19H26N2O3. The molecule has 0 amide bonds. The lowest BCUT2D eigenvalue weighted by Crippen LogP contribution is -2.25. The van der Waals surface area contributed by atoms with Crippen LogP contribution in [0.5, 0.6) is 0 Å². The number of nitrogens with zero attached hydrogens (tertiary/aromatic N) is 2. The molecule has 1 aromatic heterocycles. The molecule has 130 valence electrons. The SMILES string of the molecule is Cc1nn(CC(C)C)c(C)c1C1CC(=O)C(C(=O)C2CC2)=C(O)C1. The molecule has 1 heterocycles. The van der Waals surface area contributed by atoms with Gasteiger partial charge >= 0.3 is 0 Å². The van der Waals surface area contributed by atoms with E-state index in [9.17, 15) is 14.7 Å². The first-order chi connectivity index (χ1) is 11.3. The van der Waals surface area contributed by atoms with Crippen molar-refractivity contribution < 1.29 is 14.7 Å². The van der Waals surface area contributed by atoms with E-state index >= 15 is 0 Å². The van der Waals surface area contributed by atoms with Crippen LogP contribution in [0.3, 0.4) is 0 Å². The average molecular weight is 330 g/mol. The highest BCUT2D eigenvalue weighted by atomic mass is 16.3. The van der Waals surface area contributed by atoms with Crippen LogP contribution in [0.15, 0.2) is 11.3 Å². The fourth-order valence-electron chi connectivity index (χ4n) is 3.75. The lowest BCUT2D eigenvalue weighted by atomic mass is 9.80. The van der Waals surface area contributed by atoms with E-state index in [1.807, 2.05) is 18.5 Å². The standard InChI is InChI=1S/C19H26N2O3/c1-10(2)9-21-12(4)17(11(3)20-21)14-7-15(22)18(16(23)8-14)19(24)13-5-6-13/h10,13-14,22H,5-9H2,1-4H3. The van der Waals surface area contributed by atoms with Crippen LogP contribution in [0.4, 0.5) is 0 Å². The van der Waals surface area contributed by atoms with Gasteiger partial charge in [0.15, 0.2) is 11.6 Å². The maximum absolute atomic E-state index is 12.5. The molecule has 24 heavy (non-hydrogen) atoms. The third kappa shape index (κ3) is 3.04. The first-order valence-electron chi connectivity index (χ1n) is 8.83. The third-order valence-electron chi connectivity index (χ3n) is 5.02. The van der Waals surface area contributed by atoms with Gasteiger partial charge in [0, 0.05) is 36.9 Å². The largest absolute Gasteiger partial charge is 0.511 e. The maximum atomic E-state index is 12.5. The van der Waals surface area contributed by atoms with Crippen molar-refractivity contribution in [3.63, 3.8) is 0 Å². The van der Waals surface area contributed by atoms with Gasteiger partial charge in [-0.3, -0.25) is 14.3 Å². The number of aliphatic hydroxyl groups is 1. The van der Waals surface area contributed by atoms with Crippen LogP contribution < -0.4 is 0 Å². The molecule has 0 bridgehead atoms. The molecule has 1 fully saturated rings. The Balaban J connectivity index is 1.89. The predicted molar refractivity (Wildman–Crippen MR) is 90.9 cm³/mol. The second kappa shape index (κ2) is 6.19. The third-order valence-corrected chi connectivity index (χ3v) is 5.02. The summed E-state index contributed by atoms with van der Waals surface area (Å²) >= 11 is 0. The molecule has 1 N–H and O–H groups in total. The fourth-order valence-corrected chi connectivity index (χ4v) is 3.75. The molecule has 1 aromatic rings. The predicted octanol–water partition coefficient (Wildman–Crippen LogP) is 3.39. The molecule has 2 aliphatic carbocycles. The molecule has 5 heteroatoms. The average Bonchev–Trinajstić information content (AvgIpc) is 3.26. The van der Waals surface area contributed by atoms with Crippen LogP contribution in [0.25, 0.3) is 0 Å². The number of rotatable bonds is 5. The minimum atomic E-state index is -0.212. The summed E-state index contributed by atoms with van der Waals surface area (Å²) in [5.74, 6) is -0.0338. The van der Waals surface area contributed by atoms with Crippen molar-refractivity contribution in [1.29, 1.82) is 0 Å². The topological polar surface area (TPSA) is 72.2 Å². The molecule has 0 aromatic carbocycles. The number of aryl methyl sites for hydroxylation is 1. The zero-order chi connectivity index (χ0) is 17.6. The van der Waals surface area contributed by atoms with Crippen molar-refractivity contribution in [3.05, 3.63) is 28.3 Å². The zero-order valence-corrected chi connectivity index (χ0v) is 14.9. The van der Waals surface area contributed by atoms with E-state index in [2.05, 4.69) is 18.9 Å². The highest BCUT2D eigenvalue weighted by Gasteiger charge is 2.40. The normalized spacial score (nSPS) is 21.7. The molecule has 0 spiro atoms. The summed E-state index contributed by atoms with van der Waals surface area (Å²) in [6.07, 6.45) is 2.32. The van der Waals surface area contributed by atoms with E-state index in [1.165, 1.54) is 0 Å². The second-order valence-electron chi connectivity index (χ2n) is 7.65. The summed E-state index contributed by atoms with van der Waals surface area (Å²) in [7, 11) is 0. The van der Waals surface area contributed by atoms with Crippen LogP contribution in [0, 0.1) is 25.7 Å². The smallest absolute Gasteiger partial charge is 0.172 e. The lowest BCUT2D eigenvalue weighted by Gasteiger charge is -2.23. The van der Waals surface area contributed by atoms with Gasteiger partial charge in [-0.15, -0.1) is 0 Å². The van der Waals surface area contributed by atoms with Gasteiger partial charge in [-0.25, -0.2) is 0 Å². The Labute approximate surface area is 142 Å². The molecular weight excluding hydrogens is 304 g/mol. The summed E-state index contributed by atoms with van der Waals surface area (Å²) in [6.45, 7) is 9.10. The zero-order valence-electron chi connectivity index (χ0n) is 14.9. The van der Waals surface area contributed by atoms with Gasteiger partial charge < -0.3 is 5.11 Å². The minimum absolute atomic E-state index is 0.0245. The number of carbonyl (C=O) groups is 2. The van der Waals surface area contributed by atoms with E-state index in [0.717, 1.165) is 36.3 Å². The van der Waals surface area contributed by atoms with Gasteiger partial charge in [0.25, 0.3) is 0 Å². The Bertz CT molecular complexity index is 723. The van der Waals surface area contributed by atoms with Gasteiger partial charge in [-0.1, -0.05) is 13.8 Å². The van der Waals surface area contributed by atoms with Gasteiger partial charge in [-0.05, 0) is 38.2 Å². The molecule has 1 unspecified atom stereocenters. The summed E-state index contributed by atoms with van der Waals surface area (Å²) < 4.78 is 1.99. The van der Waals surface area contributed by atoms with E-state index in [1.54, 1.807) is 0 Å². The van der Waals surface area contributed by atoms with Gasteiger partial charge in [-0.2, -0.15) is 5.10 Å². The molecule has 0 aliphatic heterocycles. The van der Waals surface area contributed by atoms with Crippen LogP contribution in [0.1, 0.15) is 62.4 Å². The molecule has 1 atom stereocenters. The van der Waals surface area contributed by atoms with E-state index < -0.39 is 0 Å². The van der Waals surface area contributed by atoms with Crippen molar-refractivity contribution in [2.24, 2.45) is 11.8 Å².